The van der Waals surface area contributed by atoms with Gasteiger partial charge in [0.2, 0.25) is 0 Å². The Morgan fingerprint density at radius 1 is 1.37 bits per heavy atom. The molecular weight excluding hydrogens is 242 g/mol. The third-order valence-corrected chi connectivity index (χ3v) is 3.73. The fourth-order valence-electron chi connectivity index (χ4n) is 2.46. The molecule has 0 spiro atoms. The van der Waals surface area contributed by atoms with Gasteiger partial charge < -0.3 is 15.2 Å². The fourth-order valence-corrected chi connectivity index (χ4v) is 2.46. The molecule has 0 fully saturated rings. The first kappa shape index (κ1) is 13.9. The van der Waals surface area contributed by atoms with Gasteiger partial charge >= 0.3 is 0 Å². The molecule has 4 heteroatoms. The second-order valence-corrected chi connectivity index (χ2v) is 4.88. The molecular formula is C15H21NO3. The SMILES string of the molecule is CCC(CC)C(O)c1ccc2c(c1)C(=O)NCCO2. The number of benzene rings is 1. The summed E-state index contributed by atoms with van der Waals surface area (Å²) in [6.45, 7) is 5.12. The Kier molecular flexibility index (Phi) is 4.43. The molecule has 1 aromatic carbocycles. The van der Waals surface area contributed by atoms with Gasteiger partial charge in [-0.1, -0.05) is 32.8 Å². The van der Waals surface area contributed by atoms with E-state index in [9.17, 15) is 9.90 Å². The highest BCUT2D eigenvalue weighted by Gasteiger charge is 2.22. The van der Waals surface area contributed by atoms with Crippen molar-refractivity contribution < 1.29 is 14.6 Å². The molecule has 104 valence electrons. The molecule has 0 bridgehead atoms. The van der Waals surface area contributed by atoms with Crippen molar-refractivity contribution in [1.82, 2.24) is 5.32 Å². The van der Waals surface area contributed by atoms with Gasteiger partial charge in [0.25, 0.3) is 5.91 Å². The van der Waals surface area contributed by atoms with E-state index >= 15 is 0 Å². The van der Waals surface area contributed by atoms with Gasteiger partial charge in [-0.3, -0.25) is 4.79 Å². The summed E-state index contributed by atoms with van der Waals surface area (Å²) in [4.78, 5) is 11.9. The van der Waals surface area contributed by atoms with E-state index in [4.69, 9.17) is 4.74 Å². The van der Waals surface area contributed by atoms with Crippen LogP contribution in [0.1, 0.15) is 48.7 Å². The van der Waals surface area contributed by atoms with E-state index in [2.05, 4.69) is 19.2 Å². The molecule has 1 unspecified atom stereocenters. The van der Waals surface area contributed by atoms with Crippen LogP contribution in [0, 0.1) is 5.92 Å². The third kappa shape index (κ3) is 2.89. The number of hydrogen-bond donors (Lipinski definition) is 2. The summed E-state index contributed by atoms with van der Waals surface area (Å²) in [5.41, 5.74) is 1.30. The Balaban J connectivity index is 2.31. The molecule has 4 nitrogen and oxygen atoms in total. The maximum Gasteiger partial charge on any atom is 0.255 e. The topological polar surface area (TPSA) is 58.6 Å². The van der Waals surface area contributed by atoms with E-state index in [1.54, 1.807) is 12.1 Å². The largest absolute Gasteiger partial charge is 0.491 e. The van der Waals surface area contributed by atoms with Gasteiger partial charge in [-0.2, -0.15) is 0 Å². The van der Waals surface area contributed by atoms with Crippen molar-refractivity contribution in [2.45, 2.75) is 32.8 Å². The number of carbonyl (C=O) groups excluding carboxylic acids is 1. The lowest BCUT2D eigenvalue weighted by molar-refractivity contribution is 0.0953. The molecule has 0 saturated carbocycles. The molecule has 0 saturated heterocycles. The number of amides is 1. The number of carbonyl (C=O) groups is 1. The monoisotopic (exact) mass is 263 g/mol. The van der Waals surface area contributed by atoms with Crippen LogP contribution in [0.5, 0.6) is 5.75 Å². The molecule has 0 aromatic heterocycles. The number of aliphatic hydroxyl groups is 1. The standard InChI is InChI=1S/C15H21NO3/c1-3-10(4-2)14(17)11-5-6-13-12(9-11)15(18)16-7-8-19-13/h5-6,9-10,14,17H,3-4,7-8H2,1-2H3,(H,16,18). The predicted molar refractivity (Wildman–Crippen MR) is 73.3 cm³/mol. The molecule has 2 N–H and O–H groups in total. The average molecular weight is 263 g/mol. The van der Waals surface area contributed by atoms with Crippen LogP contribution >= 0.6 is 0 Å². The quantitative estimate of drug-likeness (QED) is 0.876. The van der Waals surface area contributed by atoms with Crippen molar-refractivity contribution in [3.8, 4) is 5.75 Å². The minimum atomic E-state index is -0.531. The van der Waals surface area contributed by atoms with Crippen LogP contribution in [0.25, 0.3) is 0 Å². The maximum absolute atomic E-state index is 11.9. The normalized spacial score (nSPS) is 16.3. The summed E-state index contributed by atoms with van der Waals surface area (Å²) in [5, 5.41) is 13.1. The van der Waals surface area contributed by atoms with Gasteiger partial charge in [0.05, 0.1) is 18.2 Å². The molecule has 1 aliphatic heterocycles. The lowest BCUT2D eigenvalue weighted by atomic mass is 9.90. The Morgan fingerprint density at radius 2 is 2.11 bits per heavy atom. The zero-order valence-electron chi connectivity index (χ0n) is 11.5. The van der Waals surface area contributed by atoms with E-state index in [-0.39, 0.29) is 11.8 Å². The third-order valence-electron chi connectivity index (χ3n) is 3.73. The summed E-state index contributed by atoms with van der Waals surface area (Å²) in [6.07, 6.45) is 1.30. The van der Waals surface area contributed by atoms with Crippen molar-refractivity contribution in [2.24, 2.45) is 5.92 Å². The Hall–Kier alpha value is -1.55. The predicted octanol–water partition coefficient (Wildman–Crippen LogP) is 2.28. The molecule has 1 aliphatic rings. The van der Waals surface area contributed by atoms with E-state index in [0.29, 0.717) is 24.5 Å². The van der Waals surface area contributed by atoms with Crippen LogP contribution in [0.15, 0.2) is 18.2 Å². The zero-order valence-corrected chi connectivity index (χ0v) is 11.5. The highest BCUT2D eigenvalue weighted by molar-refractivity contribution is 5.97. The van der Waals surface area contributed by atoms with Crippen molar-refractivity contribution in [3.05, 3.63) is 29.3 Å². The van der Waals surface area contributed by atoms with E-state index in [0.717, 1.165) is 18.4 Å². The average Bonchev–Trinajstić information content (AvgIpc) is 2.62. The number of fused-ring (bicyclic) bond motifs is 1. The summed E-state index contributed by atoms with van der Waals surface area (Å²) in [6, 6.07) is 5.38. The second kappa shape index (κ2) is 6.06. The lowest BCUT2D eigenvalue weighted by Crippen LogP contribution is -2.24. The first-order chi connectivity index (χ1) is 9.17. The first-order valence-electron chi connectivity index (χ1n) is 6.90. The van der Waals surface area contributed by atoms with Gasteiger partial charge in [0.1, 0.15) is 12.4 Å². The minimum Gasteiger partial charge on any atom is -0.491 e. The van der Waals surface area contributed by atoms with Gasteiger partial charge in [-0.15, -0.1) is 0 Å². The highest BCUT2D eigenvalue weighted by atomic mass is 16.5. The smallest absolute Gasteiger partial charge is 0.255 e. The van der Waals surface area contributed by atoms with Crippen LogP contribution in [0.4, 0.5) is 0 Å². The molecule has 1 heterocycles. The van der Waals surface area contributed by atoms with Crippen LogP contribution < -0.4 is 10.1 Å². The Labute approximate surface area is 113 Å². The Morgan fingerprint density at radius 3 is 2.79 bits per heavy atom. The molecule has 1 amide bonds. The van der Waals surface area contributed by atoms with E-state index in [1.165, 1.54) is 0 Å². The van der Waals surface area contributed by atoms with E-state index in [1.807, 2.05) is 6.07 Å². The maximum atomic E-state index is 11.9. The van der Waals surface area contributed by atoms with Crippen molar-refractivity contribution in [1.29, 1.82) is 0 Å². The Bertz CT molecular complexity index is 455. The molecule has 19 heavy (non-hydrogen) atoms. The van der Waals surface area contributed by atoms with Crippen LogP contribution in [0.2, 0.25) is 0 Å². The van der Waals surface area contributed by atoms with Gasteiger partial charge in [-0.25, -0.2) is 0 Å². The van der Waals surface area contributed by atoms with Gasteiger partial charge in [0, 0.05) is 0 Å². The van der Waals surface area contributed by atoms with E-state index < -0.39 is 6.10 Å². The van der Waals surface area contributed by atoms with Crippen molar-refractivity contribution in [2.75, 3.05) is 13.2 Å². The minimum absolute atomic E-state index is 0.133. The van der Waals surface area contributed by atoms with Crippen LogP contribution in [-0.4, -0.2) is 24.2 Å². The second-order valence-electron chi connectivity index (χ2n) is 4.88. The number of nitrogens with one attached hydrogen (secondary N) is 1. The molecule has 1 aromatic rings. The van der Waals surface area contributed by atoms with Crippen molar-refractivity contribution >= 4 is 5.91 Å². The summed E-state index contributed by atoms with van der Waals surface area (Å²) < 4.78 is 5.50. The fraction of sp³-hybridized carbons (Fsp3) is 0.533. The molecule has 0 aliphatic carbocycles. The summed E-state index contributed by atoms with van der Waals surface area (Å²) in [7, 11) is 0. The summed E-state index contributed by atoms with van der Waals surface area (Å²) >= 11 is 0. The summed E-state index contributed by atoms with van der Waals surface area (Å²) in [5.74, 6) is 0.675. The number of ether oxygens (including phenoxy) is 1. The van der Waals surface area contributed by atoms with Gasteiger partial charge in [-0.05, 0) is 23.6 Å². The van der Waals surface area contributed by atoms with Crippen molar-refractivity contribution in [3.63, 3.8) is 0 Å². The van der Waals surface area contributed by atoms with Crippen LogP contribution in [-0.2, 0) is 0 Å². The number of hydrogen-bond acceptors (Lipinski definition) is 3. The number of rotatable bonds is 4. The molecule has 2 rings (SSSR count). The lowest BCUT2D eigenvalue weighted by Gasteiger charge is -2.21. The molecule has 1 atom stereocenters. The first-order valence-corrected chi connectivity index (χ1v) is 6.90. The molecule has 0 radical (unpaired) electrons. The highest BCUT2D eigenvalue weighted by Crippen LogP contribution is 2.30. The zero-order chi connectivity index (χ0) is 13.8. The number of aliphatic hydroxyl groups excluding tert-OH is 1. The van der Waals surface area contributed by atoms with Crippen LogP contribution in [0.3, 0.4) is 0 Å². The van der Waals surface area contributed by atoms with Gasteiger partial charge in [0.15, 0.2) is 0 Å².